The predicted molar refractivity (Wildman–Crippen MR) is 58.5 cm³/mol. The highest BCUT2D eigenvalue weighted by Gasteiger charge is 1.74. The molecule has 0 aliphatic heterocycles. The fourth-order valence-corrected chi connectivity index (χ4v) is 0.412. The van der Waals surface area contributed by atoms with E-state index in [1.807, 2.05) is 32.9 Å². The fourth-order valence-electron chi connectivity index (χ4n) is 0.233. The lowest BCUT2D eigenvalue weighted by Gasteiger charge is -1.82. The van der Waals surface area contributed by atoms with Gasteiger partial charge in [0.15, 0.2) is 0 Å². The molecule has 0 aromatic rings. The molecular weight excluding hydrogens is 235 g/mol. The second-order valence-electron chi connectivity index (χ2n) is 1.63. The Morgan fingerprint density at radius 1 is 1.20 bits per heavy atom. The summed E-state index contributed by atoms with van der Waals surface area (Å²) in [4.78, 5) is 0. The summed E-state index contributed by atoms with van der Waals surface area (Å²) in [6, 6.07) is 0. The van der Waals surface area contributed by atoms with Crippen molar-refractivity contribution in [2.75, 3.05) is 0 Å². The van der Waals surface area contributed by atoms with Crippen LogP contribution in [0.25, 0.3) is 0 Å². The summed E-state index contributed by atoms with van der Waals surface area (Å²) in [6.45, 7) is 13.3. The van der Waals surface area contributed by atoms with Crippen molar-refractivity contribution in [1.29, 1.82) is 0 Å². The minimum atomic E-state index is 1.03. The molecule has 1 heteroatoms. The van der Waals surface area contributed by atoms with Crippen LogP contribution in [0.4, 0.5) is 0 Å². The zero-order valence-corrected chi connectivity index (χ0v) is 9.10. The smallest absolute Gasteiger partial charge is 0.00580 e. The van der Waals surface area contributed by atoms with Gasteiger partial charge in [-0.2, -0.15) is 0 Å². The van der Waals surface area contributed by atoms with Crippen LogP contribution in [0, 0.1) is 0 Å². The standard InChI is InChI=1S/C7H9I.C2H6/c1-6(2)4-5-7(3)8;1-2/h4-5H,1,3H2,2H3;1-2H3/b5-4-;. The first-order valence-electron chi connectivity index (χ1n) is 3.31. The van der Waals surface area contributed by atoms with E-state index in [9.17, 15) is 0 Å². The van der Waals surface area contributed by atoms with Crippen molar-refractivity contribution in [2.45, 2.75) is 20.8 Å². The van der Waals surface area contributed by atoms with Crippen LogP contribution in [0.3, 0.4) is 0 Å². The Bertz CT molecular complexity index is 116. The Balaban J connectivity index is 0. The Hall–Kier alpha value is -0.0500. The summed E-state index contributed by atoms with van der Waals surface area (Å²) in [5, 5.41) is 0. The van der Waals surface area contributed by atoms with Gasteiger partial charge < -0.3 is 0 Å². The zero-order valence-electron chi connectivity index (χ0n) is 6.95. The number of rotatable bonds is 2. The monoisotopic (exact) mass is 250 g/mol. The third-order valence-electron chi connectivity index (χ3n) is 0.549. The molecule has 0 nitrogen and oxygen atoms in total. The van der Waals surface area contributed by atoms with E-state index in [1.165, 1.54) is 0 Å². The molecule has 0 aliphatic carbocycles. The SMILES string of the molecule is C=C(C)/C=C\C(=C)I.CC. The van der Waals surface area contributed by atoms with Crippen molar-refractivity contribution in [1.82, 2.24) is 0 Å². The van der Waals surface area contributed by atoms with Gasteiger partial charge in [-0.25, -0.2) is 0 Å². The molecule has 0 aliphatic rings. The molecule has 10 heavy (non-hydrogen) atoms. The highest BCUT2D eigenvalue weighted by Crippen LogP contribution is 2.04. The fraction of sp³-hybridized carbons (Fsp3) is 0.333. The minimum Gasteiger partial charge on any atom is -0.0961 e. The second-order valence-corrected chi connectivity index (χ2v) is 3.01. The number of hydrogen-bond donors (Lipinski definition) is 0. The average molecular weight is 250 g/mol. The average Bonchev–Trinajstić information content (AvgIpc) is 1.89. The molecule has 0 aromatic heterocycles. The Morgan fingerprint density at radius 2 is 1.60 bits per heavy atom. The molecule has 0 saturated heterocycles. The lowest BCUT2D eigenvalue weighted by atomic mass is 10.3. The van der Waals surface area contributed by atoms with Gasteiger partial charge in [-0.3, -0.25) is 0 Å². The molecular formula is C9H15I. The maximum absolute atomic E-state index is 3.70. The summed E-state index contributed by atoms with van der Waals surface area (Å²) in [7, 11) is 0. The molecule has 0 spiro atoms. The minimum absolute atomic E-state index is 1.03. The number of hydrogen-bond acceptors (Lipinski definition) is 0. The summed E-state index contributed by atoms with van der Waals surface area (Å²) < 4.78 is 1.03. The maximum atomic E-state index is 3.70. The molecule has 0 aromatic carbocycles. The van der Waals surface area contributed by atoms with Gasteiger partial charge in [-0.15, -0.1) is 0 Å². The van der Waals surface area contributed by atoms with E-state index in [0.717, 1.165) is 9.15 Å². The molecule has 0 N–H and O–H groups in total. The van der Waals surface area contributed by atoms with Gasteiger partial charge in [0.25, 0.3) is 0 Å². The first-order chi connectivity index (χ1) is 4.63. The van der Waals surface area contributed by atoms with E-state index in [1.54, 1.807) is 0 Å². The lowest BCUT2D eigenvalue weighted by Crippen LogP contribution is -1.59. The van der Waals surface area contributed by atoms with Crippen molar-refractivity contribution in [2.24, 2.45) is 0 Å². The van der Waals surface area contributed by atoms with Gasteiger partial charge in [-0.05, 0) is 35.6 Å². The molecule has 0 fully saturated rings. The normalized spacial score (nSPS) is 8.40. The van der Waals surface area contributed by atoms with Crippen molar-refractivity contribution in [3.05, 3.63) is 34.5 Å². The number of halogens is 1. The molecule has 58 valence electrons. The van der Waals surface area contributed by atoms with E-state index >= 15 is 0 Å². The van der Waals surface area contributed by atoms with Crippen LogP contribution in [-0.2, 0) is 0 Å². The van der Waals surface area contributed by atoms with Crippen molar-refractivity contribution in [3.8, 4) is 0 Å². The molecule has 0 bridgehead atoms. The molecule has 0 rings (SSSR count). The maximum Gasteiger partial charge on any atom is 0.00580 e. The van der Waals surface area contributed by atoms with Gasteiger partial charge in [0, 0.05) is 3.58 Å². The summed E-state index contributed by atoms with van der Waals surface area (Å²) in [5.74, 6) is 0. The van der Waals surface area contributed by atoms with Crippen LogP contribution in [0.2, 0.25) is 0 Å². The van der Waals surface area contributed by atoms with Crippen molar-refractivity contribution < 1.29 is 0 Å². The van der Waals surface area contributed by atoms with Gasteiger partial charge in [0.2, 0.25) is 0 Å². The van der Waals surface area contributed by atoms with E-state index in [2.05, 4.69) is 35.7 Å². The first kappa shape index (κ1) is 12.6. The van der Waals surface area contributed by atoms with E-state index in [-0.39, 0.29) is 0 Å². The van der Waals surface area contributed by atoms with Crippen molar-refractivity contribution in [3.63, 3.8) is 0 Å². The summed E-state index contributed by atoms with van der Waals surface area (Å²) in [6.07, 6.45) is 3.87. The van der Waals surface area contributed by atoms with E-state index < -0.39 is 0 Å². The van der Waals surface area contributed by atoms with Crippen LogP contribution in [-0.4, -0.2) is 0 Å². The van der Waals surface area contributed by atoms with Gasteiger partial charge >= 0.3 is 0 Å². The third-order valence-corrected chi connectivity index (χ3v) is 0.908. The first-order valence-corrected chi connectivity index (χ1v) is 4.39. The van der Waals surface area contributed by atoms with Crippen LogP contribution in [0.15, 0.2) is 34.5 Å². The summed E-state index contributed by atoms with van der Waals surface area (Å²) >= 11 is 2.15. The second kappa shape index (κ2) is 8.95. The third kappa shape index (κ3) is 15.7. The van der Waals surface area contributed by atoms with Crippen molar-refractivity contribution >= 4 is 22.6 Å². The summed E-state index contributed by atoms with van der Waals surface area (Å²) in [5.41, 5.74) is 1.06. The van der Waals surface area contributed by atoms with E-state index in [4.69, 9.17) is 0 Å². The molecule has 0 saturated carbocycles. The van der Waals surface area contributed by atoms with Gasteiger partial charge in [0.05, 0.1) is 0 Å². The molecule has 0 atom stereocenters. The topological polar surface area (TPSA) is 0 Å². The Morgan fingerprint density at radius 3 is 1.70 bits per heavy atom. The highest BCUT2D eigenvalue weighted by molar-refractivity contribution is 14.1. The van der Waals surface area contributed by atoms with Gasteiger partial charge in [-0.1, -0.05) is 38.7 Å². The lowest BCUT2D eigenvalue weighted by molar-refractivity contribution is 1.50. The molecule has 0 unspecified atom stereocenters. The highest BCUT2D eigenvalue weighted by atomic mass is 127. The van der Waals surface area contributed by atoms with Crippen LogP contribution < -0.4 is 0 Å². The Labute approximate surface area is 77.9 Å². The largest absolute Gasteiger partial charge is 0.0961 e. The number of allylic oxidation sites excluding steroid dienone is 4. The molecule has 0 heterocycles. The quantitative estimate of drug-likeness (QED) is 0.511. The van der Waals surface area contributed by atoms with Crippen LogP contribution in [0.1, 0.15) is 20.8 Å². The Kier molecular flexibility index (Phi) is 11.3. The molecule has 0 amide bonds. The van der Waals surface area contributed by atoms with Crippen LogP contribution >= 0.6 is 22.6 Å². The zero-order chi connectivity index (χ0) is 8.57. The van der Waals surface area contributed by atoms with E-state index in [0.29, 0.717) is 0 Å². The van der Waals surface area contributed by atoms with Gasteiger partial charge in [0.1, 0.15) is 0 Å². The van der Waals surface area contributed by atoms with Crippen LogP contribution in [0.5, 0.6) is 0 Å². The predicted octanol–water partition coefficient (Wildman–Crippen LogP) is 4.09. The molecule has 0 radical (unpaired) electrons.